The first-order valence-electron chi connectivity index (χ1n) is 6.48. The zero-order valence-corrected chi connectivity index (χ0v) is 12.6. The van der Waals surface area contributed by atoms with Crippen molar-refractivity contribution in [3.63, 3.8) is 0 Å². The van der Waals surface area contributed by atoms with Gasteiger partial charge in [0.2, 0.25) is 0 Å². The second-order valence-corrected chi connectivity index (χ2v) is 5.45. The van der Waals surface area contributed by atoms with Gasteiger partial charge in [0, 0.05) is 40.4 Å². The van der Waals surface area contributed by atoms with Crippen molar-refractivity contribution in [2.45, 2.75) is 6.54 Å². The van der Waals surface area contributed by atoms with Crippen LogP contribution in [0.25, 0.3) is 5.69 Å². The van der Waals surface area contributed by atoms with Crippen molar-refractivity contribution in [2.75, 3.05) is 5.32 Å². The summed E-state index contributed by atoms with van der Waals surface area (Å²) in [6.45, 7) is 0.618. The highest BCUT2D eigenvalue weighted by Gasteiger charge is 2.02. The predicted molar refractivity (Wildman–Crippen MR) is 87.4 cm³/mol. The monoisotopic (exact) mass is 317 g/mol. The van der Waals surface area contributed by atoms with Crippen molar-refractivity contribution in [1.29, 1.82) is 0 Å². The topological polar surface area (TPSA) is 29.9 Å². The van der Waals surface area contributed by atoms with Gasteiger partial charge in [-0.1, -0.05) is 29.3 Å². The van der Waals surface area contributed by atoms with E-state index in [1.165, 1.54) is 0 Å². The van der Waals surface area contributed by atoms with E-state index in [-0.39, 0.29) is 0 Å². The van der Waals surface area contributed by atoms with Gasteiger partial charge in [0.25, 0.3) is 0 Å². The van der Waals surface area contributed by atoms with E-state index in [2.05, 4.69) is 16.4 Å². The Morgan fingerprint density at radius 3 is 2.81 bits per heavy atom. The normalized spacial score (nSPS) is 10.6. The minimum atomic E-state index is 0.618. The minimum Gasteiger partial charge on any atom is -0.381 e. The lowest BCUT2D eigenvalue weighted by Gasteiger charge is -2.10. The Balaban J connectivity index is 1.76. The van der Waals surface area contributed by atoms with Crippen LogP contribution in [0.4, 0.5) is 5.69 Å². The van der Waals surface area contributed by atoms with Gasteiger partial charge in [-0.15, -0.1) is 0 Å². The van der Waals surface area contributed by atoms with E-state index in [4.69, 9.17) is 23.2 Å². The molecule has 0 spiro atoms. The molecule has 21 heavy (non-hydrogen) atoms. The molecule has 2 aromatic carbocycles. The van der Waals surface area contributed by atoms with Gasteiger partial charge in [0.15, 0.2) is 0 Å². The Bertz CT molecular complexity index is 739. The number of imidazole rings is 1. The molecule has 3 nitrogen and oxygen atoms in total. The number of rotatable bonds is 4. The fourth-order valence-electron chi connectivity index (χ4n) is 2.06. The van der Waals surface area contributed by atoms with Crippen LogP contribution in [-0.4, -0.2) is 9.55 Å². The molecular formula is C16H13Cl2N3. The molecular weight excluding hydrogens is 305 g/mol. The summed E-state index contributed by atoms with van der Waals surface area (Å²) in [5, 5.41) is 4.74. The van der Waals surface area contributed by atoms with Gasteiger partial charge in [0.05, 0.1) is 6.33 Å². The first-order valence-corrected chi connectivity index (χ1v) is 7.24. The van der Waals surface area contributed by atoms with Crippen molar-refractivity contribution >= 4 is 28.9 Å². The average molecular weight is 318 g/mol. The largest absolute Gasteiger partial charge is 0.381 e. The summed E-state index contributed by atoms with van der Waals surface area (Å²) < 4.78 is 1.96. The fourth-order valence-corrected chi connectivity index (χ4v) is 2.44. The Morgan fingerprint density at radius 1 is 1.10 bits per heavy atom. The molecule has 3 rings (SSSR count). The molecule has 0 fully saturated rings. The van der Waals surface area contributed by atoms with Crippen LogP contribution >= 0.6 is 23.2 Å². The molecule has 1 heterocycles. The number of hydrogen-bond acceptors (Lipinski definition) is 2. The quantitative estimate of drug-likeness (QED) is 0.749. The summed E-state index contributed by atoms with van der Waals surface area (Å²) in [5.41, 5.74) is 3.03. The van der Waals surface area contributed by atoms with E-state index in [1.54, 1.807) is 18.6 Å². The van der Waals surface area contributed by atoms with Crippen LogP contribution in [0.15, 0.2) is 61.2 Å². The zero-order chi connectivity index (χ0) is 14.7. The molecule has 0 aliphatic heterocycles. The molecule has 5 heteroatoms. The molecule has 3 aromatic rings. The second-order valence-electron chi connectivity index (χ2n) is 4.61. The summed E-state index contributed by atoms with van der Waals surface area (Å²) in [5.74, 6) is 0. The smallest absolute Gasteiger partial charge is 0.0991 e. The Labute approximate surface area is 133 Å². The van der Waals surface area contributed by atoms with Gasteiger partial charge in [-0.25, -0.2) is 4.98 Å². The Morgan fingerprint density at radius 2 is 2.00 bits per heavy atom. The van der Waals surface area contributed by atoms with E-state index in [0.717, 1.165) is 16.9 Å². The highest BCUT2D eigenvalue weighted by molar-refractivity contribution is 6.33. The average Bonchev–Trinajstić information content (AvgIpc) is 3.03. The molecule has 0 aliphatic rings. The fraction of sp³-hybridized carbons (Fsp3) is 0.0625. The zero-order valence-electron chi connectivity index (χ0n) is 11.1. The first-order chi connectivity index (χ1) is 10.2. The summed E-state index contributed by atoms with van der Waals surface area (Å²) >= 11 is 12.2. The molecule has 0 radical (unpaired) electrons. The third kappa shape index (κ3) is 3.38. The van der Waals surface area contributed by atoms with Crippen LogP contribution in [0.1, 0.15) is 5.56 Å². The molecule has 1 N–H and O–H groups in total. The number of anilines is 1. The molecule has 0 bridgehead atoms. The second kappa shape index (κ2) is 6.20. The molecule has 0 aliphatic carbocycles. The minimum absolute atomic E-state index is 0.618. The van der Waals surface area contributed by atoms with E-state index >= 15 is 0 Å². The summed E-state index contributed by atoms with van der Waals surface area (Å²) in [6.07, 6.45) is 5.44. The highest BCUT2D eigenvalue weighted by atomic mass is 35.5. The maximum Gasteiger partial charge on any atom is 0.0991 e. The lowest BCUT2D eigenvalue weighted by atomic mass is 10.2. The molecule has 106 valence electrons. The van der Waals surface area contributed by atoms with Gasteiger partial charge in [-0.05, 0) is 42.0 Å². The van der Waals surface area contributed by atoms with Crippen molar-refractivity contribution in [3.8, 4) is 5.69 Å². The Hall–Kier alpha value is -1.97. The number of aromatic nitrogens is 2. The number of halogens is 2. The maximum absolute atomic E-state index is 6.16. The van der Waals surface area contributed by atoms with Crippen LogP contribution < -0.4 is 5.32 Å². The highest BCUT2D eigenvalue weighted by Crippen LogP contribution is 2.22. The standard InChI is InChI=1S/C16H13Cl2N3/c17-13-4-5-16(18)12(8-13)10-20-14-2-1-3-15(9-14)21-7-6-19-11-21/h1-9,11,20H,10H2. The molecule has 1 aromatic heterocycles. The van der Waals surface area contributed by atoms with Crippen LogP contribution in [-0.2, 0) is 6.54 Å². The van der Waals surface area contributed by atoms with Crippen LogP contribution in [0.5, 0.6) is 0 Å². The number of benzene rings is 2. The Kier molecular flexibility index (Phi) is 4.13. The van der Waals surface area contributed by atoms with Crippen LogP contribution in [0.2, 0.25) is 10.0 Å². The summed E-state index contributed by atoms with van der Waals surface area (Å²) in [7, 11) is 0. The maximum atomic E-state index is 6.16. The van der Waals surface area contributed by atoms with E-state index in [0.29, 0.717) is 16.6 Å². The third-order valence-electron chi connectivity index (χ3n) is 3.14. The van der Waals surface area contributed by atoms with Crippen LogP contribution in [0.3, 0.4) is 0 Å². The summed E-state index contributed by atoms with van der Waals surface area (Å²) in [6, 6.07) is 13.6. The lowest BCUT2D eigenvalue weighted by Crippen LogP contribution is -2.01. The van der Waals surface area contributed by atoms with Crippen molar-refractivity contribution in [3.05, 3.63) is 76.8 Å². The van der Waals surface area contributed by atoms with Crippen molar-refractivity contribution in [2.24, 2.45) is 0 Å². The van der Waals surface area contributed by atoms with E-state index in [1.807, 2.05) is 41.1 Å². The third-order valence-corrected chi connectivity index (χ3v) is 3.74. The predicted octanol–water partition coefficient (Wildman–Crippen LogP) is 4.79. The van der Waals surface area contributed by atoms with Gasteiger partial charge >= 0.3 is 0 Å². The van der Waals surface area contributed by atoms with Gasteiger partial charge < -0.3 is 9.88 Å². The summed E-state index contributed by atoms with van der Waals surface area (Å²) in [4.78, 5) is 4.05. The molecule has 0 saturated carbocycles. The number of nitrogens with zero attached hydrogens (tertiary/aromatic N) is 2. The first kappa shape index (κ1) is 14.0. The molecule has 0 amide bonds. The molecule has 0 atom stereocenters. The van der Waals surface area contributed by atoms with Crippen LogP contribution in [0, 0.1) is 0 Å². The van der Waals surface area contributed by atoms with Gasteiger partial charge in [-0.2, -0.15) is 0 Å². The number of hydrogen-bond donors (Lipinski definition) is 1. The molecule has 0 unspecified atom stereocenters. The van der Waals surface area contributed by atoms with Crippen molar-refractivity contribution in [1.82, 2.24) is 9.55 Å². The molecule has 0 saturated heterocycles. The number of nitrogens with one attached hydrogen (secondary N) is 1. The lowest BCUT2D eigenvalue weighted by molar-refractivity contribution is 1.05. The van der Waals surface area contributed by atoms with E-state index < -0.39 is 0 Å². The van der Waals surface area contributed by atoms with Gasteiger partial charge in [0.1, 0.15) is 0 Å². The SMILES string of the molecule is Clc1ccc(Cl)c(CNc2cccc(-n3ccnc3)c2)c1. The van der Waals surface area contributed by atoms with E-state index in [9.17, 15) is 0 Å². The van der Waals surface area contributed by atoms with Gasteiger partial charge in [-0.3, -0.25) is 0 Å². The van der Waals surface area contributed by atoms with Crippen molar-refractivity contribution < 1.29 is 0 Å².